The van der Waals surface area contributed by atoms with Crippen LogP contribution >= 0.6 is 0 Å². The number of nitrogens with one attached hydrogen (secondary N) is 1. The second-order valence-electron chi connectivity index (χ2n) is 5.00. The second-order valence-corrected chi connectivity index (χ2v) is 5.00. The lowest BCUT2D eigenvalue weighted by molar-refractivity contribution is -0.202. The maximum absolute atomic E-state index is 12.3. The minimum absolute atomic E-state index is 0.232. The zero-order valence-corrected chi connectivity index (χ0v) is 11.2. The molecular weight excluding hydrogens is 271 g/mol. The zero-order valence-electron chi connectivity index (χ0n) is 11.2. The van der Waals surface area contributed by atoms with Crippen LogP contribution in [0.25, 0.3) is 0 Å². The topological polar surface area (TPSA) is 41.5 Å². The first-order valence-electron chi connectivity index (χ1n) is 6.60. The van der Waals surface area contributed by atoms with Crippen LogP contribution in [0, 0.1) is 6.92 Å². The van der Waals surface area contributed by atoms with Crippen molar-refractivity contribution in [1.29, 1.82) is 0 Å². The Kier molecular flexibility index (Phi) is 4.55. The largest absolute Gasteiger partial charge is 0.493 e. The minimum atomic E-state index is -4.59. The smallest absolute Gasteiger partial charge is 0.415 e. The van der Waals surface area contributed by atoms with Crippen molar-refractivity contribution in [3.8, 4) is 5.75 Å². The minimum Gasteiger partial charge on any atom is -0.493 e. The number of aliphatic hydroxyl groups is 1. The van der Waals surface area contributed by atoms with Crippen LogP contribution in [-0.4, -0.2) is 30.5 Å². The molecule has 1 aliphatic rings. The maximum atomic E-state index is 12.3. The summed E-state index contributed by atoms with van der Waals surface area (Å²) in [6.07, 6.45) is -5.50. The molecule has 0 saturated heterocycles. The number of para-hydroxylation sites is 1. The van der Waals surface area contributed by atoms with E-state index in [1.54, 1.807) is 0 Å². The summed E-state index contributed by atoms with van der Waals surface area (Å²) in [5, 5.41) is 11.9. The van der Waals surface area contributed by atoms with E-state index in [0.717, 1.165) is 23.3 Å². The van der Waals surface area contributed by atoms with Gasteiger partial charge in [-0.25, -0.2) is 0 Å². The van der Waals surface area contributed by atoms with Gasteiger partial charge in [-0.1, -0.05) is 18.2 Å². The number of alkyl halides is 3. The monoisotopic (exact) mass is 289 g/mol. The Morgan fingerprint density at radius 2 is 2.20 bits per heavy atom. The van der Waals surface area contributed by atoms with Crippen LogP contribution in [0.15, 0.2) is 18.2 Å². The molecule has 2 N–H and O–H groups in total. The second kappa shape index (κ2) is 6.01. The fourth-order valence-corrected chi connectivity index (χ4v) is 2.35. The molecule has 0 bridgehead atoms. The molecule has 0 radical (unpaired) electrons. The van der Waals surface area contributed by atoms with Crippen molar-refractivity contribution in [2.75, 3.05) is 13.2 Å². The molecule has 0 spiro atoms. The highest BCUT2D eigenvalue weighted by molar-refractivity contribution is 5.43. The first-order chi connectivity index (χ1) is 9.39. The number of ether oxygens (including phenoxy) is 1. The van der Waals surface area contributed by atoms with Crippen molar-refractivity contribution < 1.29 is 23.0 Å². The molecule has 0 saturated carbocycles. The number of hydrogen-bond acceptors (Lipinski definition) is 3. The van der Waals surface area contributed by atoms with Crippen molar-refractivity contribution in [3.05, 3.63) is 29.3 Å². The molecule has 20 heavy (non-hydrogen) atoms. The summed E-state index contributed by atoms with van der Waals surface area (Å²) in [7, 11) is 0. The molecule has 6 heteroatoms. The molecule has 0 aromatic heterocycles. The summed E-state index contributed by atoms with van der Waals surface area (Å²) in [6, 6.07) is 5.39. The van der Waals surface area contributed by atoms with Crippen LogP contribution < -0.4 is 10.1 Å². The Morgan fingerprint density at radius 3 is 2.90 bits per heavy atom. The first-order valence-corrected chi connectivity index (χ1v) is 6.60. The average Bonchev–Trinajstić information content (AvgIpc) is 2.58. The van der Waals surface area contributed by atoms with E-state index in [0.29, 0.717) is 13.0 Å². The molecule has 1 aliphatic heterocycles. The van der Waals surface area contributed by atoms with E-state index in [4.69, 9.17) is 9.84 Å². The van der Waals surface area contributed by atoms with Crippen LogP contribution in [0.3, 0.4) is 0 Å². The molecule has 0 fully saturated rings. The predicted octanol–water partition coefficient (Wildman–Crippen LogP) is 2.72. The van der Waals surface area contributed by atoms with Crippen molar-refractivity contribution in [1.82, 2.24) is 5.32 Å². The van der Waals surface area contributed by atoms with Gasteiger partial charge in [-0.3, -0.25) is 0 Å². The Bertz CT molecular complexity index is 462. The highest BCUT2D eigenvalue weighted by Crippen LogP contribution is 2.34. The normalized spacial score (nSPS) is 20.8. The van der Waals surface area contributed by atoms with Crippen LogP contribution in [0.5, 0.6) is 5.75 Å². The van der Waals surface area contributed by atoms with E-state index in [-0.39, 0.29) is 6.04 Å². The quantitative estimate of drug-likeness (QED) is 0.899. The Morgan fingerprint density at radius 1 is 1.45 bits per heavy atom. The van der Waals surface area contributed by atoms with Gasteiger partial charge >= 0.3 is 6.18 Å². The molecule has 1 aromatic rings. The van der Waals surface area contributed by atoms with Crippen molar-refractivity contribution >= 4 is 0 Å². The third-order valence-electron chi connectivity index (χ3n) is 3.44. The Balaban J connectivity index is 2.11. The lowest BCUT2D eigenvalue weighted by atomic mass is 9.99. The van der Waals surface area contributed by atoms with Crippen LogP contribution in [0.4, 0.5) is 13.2 Å². The predicted molar refractivity (Wildman–Crippen MR) is 68.7 cm³/mol. The molecule has 1 heterocycles. The Labute approximate surface area is 115 Å². The molecule has 0 aliphatic carbocycles. The number of aryl methyl sites for hydroxylation is 1. The first kappa shape index (κ1) is 15.1. The van der Waals surface area contributed by atoms with Gasteiger partial charge in [-0.05, 0) is 25.3 Å². The van der Waals surface area contributed by atoms with E-state index in [2.05, 4.69) is 5.32 Å². The lowest BCUT2D eigenvalue weighted by Gasteiger charge is -2.22. The molecule has 3 nitrogen and oxygen atoms in total. The molecule has 2 atom stereocenters. The maximum Gasteiger partial charge on any atom is 0.415 e. The van der Waals surface area contributed by atoms with Gasteiger partial charge in [0, 0.05) is 18.2 Å². The van der Waals surface area contributed by atoms with E-state index in [9.17, 15) is 13.2 Å². The standard InChI is InChI=1S/C14H18F3NO2/c1-9-4-2-5-10-11(6-3-7-20-13(9)10)18-8-12(19)14(15,16)17/h2,4-5,11-12,18-19H,3,6-8H2,1H3. The fraction of sp³-hybridized carbons (Fsp3) is 0.571. The molecule has 0 amide bonds. The van der Waals surface area contributed by atoms with Gasteiger partial charge in [0.15, 0.2) is 6.10 Å². The fourth-order valence-electron chi connectivity index (χ4n) is 2.35. The van der Waals surface area contributed by atoms with Crippen molar-refractivity contribution in [3.63, 3.8) is 0 Å². The van der Waals surface area contributed by atoms with Crippen LogP contribution in [0.1, 0.15) is 30.0 Å². The van der Waals surface area contributed by atoms with E-state index in [1.807, 2.05) is 25.1 Å². The summed E-state index contributed by atoms with van der Waals surface area (Å²) >= 11 is 0. The number of rotatable bonds is 3. The van der Waals surface area contributed by atoms with Crippen LogP contribution in [0.2, 0.25) is 0 Å². The molecule has 2 unspecified atom stereocenters. The highest BCUT2D eigenvalue weighted by Gasteiger charge is 2.38. The summed E-state index contributed by atoms with van der Waals surface area (Å²) in [6.45, 7) is 1.95. The number of aliphatic hydroxyl groups excluding tert-OH is 1. The van der Waals surface area contributed by atoms with Gasteiger partial charge in [0.05, 0.1) is 6.61 Å². The molecule has 2 rings (SSSR count). The van der Waals surface area contributed by atoms with Gasteiger partial charge in [0.25, 0.3) is 0 Å². The zero-order chi connectivity index (χ0) is 14.8. The summed E-state index contributed by atoms with van der Waals surface area (Å²) in [4.78, 5) is 0. The van der Waals surface area contributed by atoms with Crippen molar-refractivity contribution in [2.24, 2.45) is 0 Å². The average molecular weight is 289 g/mol. The van der Waals surface area contributed by atoms with Crippen LogP contribution in [-0.2, 0) is 0 Å². The summed E-state index contributed by atoms with van der Waals surface area (Å²) < 4.78 is 42.6. The van der Waals surface area contributed by atoms with Gasteiger partial charge < -0.3 is 15.2 Å². The SMILES string of the molecule is Cc1cccc2c1OCCCC2NCC(O)C(F)(F)F. The van der Waals surface area contributed by atoms with E-state index >= 15 is 0 Å². The Hall–Kier alpha value is -1.27. The van der Waals surface area contributed by atoms with Gasteiger partial charge in [-0.15, -0.1) is 0 Å². The van der Waals surface area contributed by atoms with Gasteiger partial charge in [0.2, 0.25) is 0 Å². The molecule has 1 aromatic carbocycles. The number of fused-ring (bicyclic) bond motifs is 1. The summed E-state index contributed by atoms with van der Waals surface area (Å²) in [5.74, 6) is 0.740. The third-order valence-corrected chi connectivity index (χ3v) is 3.44. The number of hydrogen-bond donors (Lipinski definition) is 2. The summed E-state index contributed by atoms with van der Waals surface area (Å²) in [5.41, 5.74) is 1.82. The van der Waals surface area contributed by atoms with Gasteiger partial charge in [-0.2, -0.15) is 13.2 Å². The lowest BCUT2D eigenvalue weighted by Crippen LogP contribution is -2.39. The van der Waals surface area contributed by atoms with E-state index in [1.165, 1.54) is 0 Å². The highest BCUT2D eigenvalue weighted by atomic mass is 19.4. The molecule has 112 valence electrons. The van der Waals surface area contributed by atoms with E-state index < -0.39 is 18.8 Å². The van der Waals surface area contributed by atoms with Crippen molar-refractivity contribution in [2.45, 2.75) is 38.1 Å². The van der Waals surface area contributed by atoms with Gasteiger partial charge in [0.1, 0.15) is 5.75 Å². The third kappa shape index (κ3) is 3.43. The molecular formula is C14H18F3NO2. The number of halogens is 3. The number of benzene rings is 1.